The number of hydrogen-bond acceptors (Lipinski definition) is 8. The number of Topliss-reactive ketones (excluding diaryl/α,β-unsaturated/α-hetero) is 1. The lowest BCUT2D eigenvalue weighted by molar-refractivity contribution is -0.110. The van der Waals surface area contributed by atoms with Crippen LogP contribution in [0.25, 0.3) is 0 Å². The van der Waals surface area contributed by atoms with Crippen LogP contribution >= 0.6 is 0 Å². The van der Waals surface area contributed by atoms with Gasteiger partial charge in [-0.15, -0.1) is 0 Å². The van der Waals surface area contributed by atoms with Crippen LogP contribution in [-0.4, -0.2) is 28.4 Å². The van der Waals surface area contributed by atoms with E-state index in [-0.39, 0.29) is 22.5 Å². The molecule has 0 radical (unpaired) electrons. The van der Waals surface area contributed by atoms with Crippen molar-refractivity contribution in [3.63, 3.8) is 0 Å². The van der Waals surface area contributed by atoms with Gasteiger partial charge in [-0.1, -0.05) is 30.3 Å². The molecule has 9 heteroatoms. The lowest BCUT2D eigenvalue weighted by atomic mass is 9.84. The molecule has 1 aromatic heterocycles. The smallest absolute Gasteiger partial charge is 0.339 e. The van der Waals surface area contributed by atoms with Crippen molar-refractivity contribution in [3.8, 4) is 6.07 Å². The van der Waals surface area contributed by atoms with Crippen LogP contribution in [-0.2, 0) is 9.53 Å². The number of benzene rings is 2. The summed E-state index contributed by atoms with van der Waals surface area (Å²) in [5.41, 5.74) is 1.07. The van der Waals surface area contributed by atoms with Gasteiger partial charge in [-0.2, -0.15) is 10.4 Å². The maximum atomic E-state index is 13.5. The largest absolute Gasteiger partial charge is 0.453 e. The summed E-state index contributed by atoms with van der Waals surface area (Å²) < 4.78 is 5.52. The first-order valence-corrected chi connectivity index (χ1v) is 9.87. The Morgan fingerprint density at radius 1 is 1.09 bits per heavy atom. The minimum Gasteiger partial charge on any atom is -0.453 e. The van der Waals surface area contributed by atoms with Crippen molar-refractivity contribution in [3.05, 3.63) is 95.3 Å². The average Bonchev–Trinajstić information content (AvgIpc) is 3.19. The number of aromatic nitrogens is 1. The van der Waals surface area contributed by atoms with Gasteiger partial charge in [0.1, 0.15) is 23.8 Å². The van der Waals surface area contributed by atoms with Crippen LogP contribution in [0.3, 0.4) is 0 Å². The summed E-state index contributed by atoms with van der Waals surface area (Å²) in [5, 5.41) is 15.5. The molecule has 4 rings (SSSR count). The number of ether oxygens (including phenoxy) is 1. The highest BCUT2D eigenvalue weighted by atomic mass is 16.5. The number of nitrogens with zero attached hydrogens (tertiary/aromatic N) is 3. The number of carbonyl (C=O) groups is 3. The number of ketones is 1. The zero-order valence-corrected chi connectivity index (χ0v) is 17.1. The average molecular weight is 439 g/mol. The third kappa shape index (κ3) is 4.05. The number of nitrogens with one attached hydrogen (secondary N) is 1. The van der Waals surface area contributed by atoms with E-state index in [1.165, 1.54) is 36.7 Å². The van der Waals surface area contributed by atoms with Crippen molar-refractivity contribution in [2.24, 2.45) is 16.9 Å². The van der Waals surface area contributed by atoms with Crippen molar-refractivity contribution in [2.45, 2.75) is 6.10 Å². The van der Waals surface area contributed by atoms with Gasteiger partial charge in [0.2, 0.25) is 0 Å². The quantitative estimate of drug-likeness (QED) is 0.197. The maximum absolute atomic E-state index is 13.5. The summed E-state index contributed by atoms with van der Waals surface area (Å²) in [5.74, 6) is 2.32. The standard InChI is InChI=1S/C24H17N5O4/c25-13-15-5-1-4-8-18(15)28-23(31)20(29-26)19(21(30)14-9-11-27-12-10-14)22-16-6-2-3-7-17(16)24(32)33-22/h1-12,19,22H,26H2,(H,28,31)/b29-20+/t19-,22-/m0/s1. The predicted molar refractivity (Wildman–Crippen MR) is 118 cm³/mol. The van der Waals surface area contributed by atoms with Crippen LogP contribution in [0.4, 0.5) is 5.69 Å². The van der Waals surface area contributed by atoms with E-state index in [9.17, 15) is 19.6 Å². The van der Waals surface area contributed by atoms with E-state index in [0.717, 1.165) is 0 Å². The minimum atomic E-state index is -1.33. The van der Waals surface area contributed by atoms with Crippen LogP contribution in [0.1, 0.15) is 37.9 Å². The molecule has 0 aliphatic carbocycles. The zero-order chi connectivity index (χ0) is 23.4. The molecule has 162 valence electrons. The first-order chi connectivity index (χ1) is 16.0. The Balaban J connectivity index is 1.77. The zero-order valence-electron chi connectivity index (χ0n) is 17.1. The van der Waals surface area contributed by atoms with Crippen LogP contribution in [0, 0.1) is 17.2 Å². The molecular formula is C24H17N5O4. The molecule has 0 spiro atoms. The number of hydrogen-bond donors (Lipinski definition) is 2. The second kappa shape index (κ2) is 9.11. The van der Waals surface area contributed by atoms with Crippen molar-refractivity contribution < 1.29 is 19.1 Å². The van der Waals surface area contributed by atoms with Gasteiger partial charge in [0.15, 0.2) is 5.78 Å². The molecule has 3 aromatic rings. The van der Waals surface area contributed by atoms with E-state index in [1.54, 1.807) is 36.4 Å². The summed E-state index contributed by atoms with van der Waals surface area (Å²) in [7, 11) is 0. The first-order valence-electron chi connectivity index (χ1n) is 9.87. The minimum absolute atomic E-state index is 0.219. The number of anilines is 1. The number of para-hydroxylation sites is 1. The van der Waals surface area contributed by atoms with E-state index in [4.69, 9.17) is 10.6 Å². The highest BCUT2D eigenvalue weighted by Gasteiger charge is 2.45. The molecule has 1 aliphatic heterocycles. The van der Waals surface area contributed by atoms with E-state index in [2.05, 4.69) is 15.4 Å². The molecule has 1 aliphatic rings. The second-order valence-electron chi connectivity index (χ2n) is 7.12. The van der Waals surface area contributed by atoms with Gasteiger partial charge in [0.25, 0.3) is 5.91 Å². The maximum Gasteiger partial charge on any atom is 0.339 e. The molecule has 33 heavy (non-hydrogen) atoms. The highest BCUT2D eigenvalue weighted by Crippen LogP contribution is 2.38. The number of amides is 1. The topological polar surface area (TPSA) is 148 Å². The Bertz CT molecular complexity index is 1310. The van der Waals surface area contributed by atoms with Crippen molar-refractivity contribution in [2.75, 3.05) is 5.32 Å². The number of rotatable bonds is 6. The summed E-state index contributed by atoms with van der Waals surface area (Å²) in [6.07, 6.45) is 1.75. The normalized spacial score (nSPS) is 15.7. The lowest BCUT2D eigenvalue weighted by Gasteiger charge is -2.23. The van der Waals surface area contributed by atoms with Gasteiger partial charge in [-0.3, -0.25) is 14.6 Å². The Labute approximate surface area is 188 Å². The number of hydrazone groups is 1. The summed E-state index contributed by atoms with van der Waals surface area (Å²) >= 11 is 0. The number of nitriles is 1. The van der Waals surface area contributed by atoms with E-state index >= 15 is 0 Å². The monoisotopic (exact) mass is 439 g/mol. The molecule has 0 unspecified atom stereocenters. The fraction of sp³-hybridized carbons (Fsp3) is 0.0833. The fourth-order valence-corrected chi connectivity index (χ4v) is 3.68. The van der Waals surface area contributed by atoms with Gasteiger partial charge >= 0.3 is 5.97 Å². The van der Waals surface area contributed by atoms with Crippen molar-refractivity contribution in [1.82, 2.24) is 4.98 Å². The lowest BCUT2D eigenvalue weighted by Crippen LogP contribution is -2.39. The molecule has 2 heterocycles. The molecule has 0 fully saturated rings. The van der Waals surface area contributed by atoms with E-state index in [0.29, 0.717) is 11.1 Å². The summed E-state index contributed by atoms with van der Waals surface area (Å²) in [6, 6.07) is 17.9. The van der Waals surface area contributed by atoms with Crippen LogP contribution < -0.4 is 11.2 Å². The van der Waals surface area contributed by atoms with Gasteiger partial charge in [0, 0.05) is 23.5 Å². The highest BCUT2D eigenvalue weighted by molar-refractivity contribution is 6.47. The van der Waals surface area contributed by atoms with Crippen LogP contribution in [0.2, 0.25) is 0 Å². The number of fused-ring (bicyclic) bond motifs is 1. The Kier molecular flexibility index (Phi) is 5.91. The molecule has 1 amide bonds. The molecule has 3 N–H and O–H groups in total. The van der Waals surface area contributed by atoms with E-state index in [1.807, 2.05) is 6.07 Å². The van der Waals surface area contributed by atoms with Crippen molar-refractivity contribution in [1.29, 1.82) is 5.26 Å². The van der Waals surface area contributed by atoms with Gasteiger partial charge < -0.3 is 15.9 Å². The second-order valence-corrected chi connectivity index (χ2v) is 7.12. The molecule has 9 nitrogen and oxygen atoms in total. The predicted octanol–water partition coefficient (Wildman–Crippen LogP) is 2.62. The van der Waals surface area contributed by atoms with Crippen molar-refractivity contribution >= 4 is 29.1 Å². The molecular weight excluding hydrogens is 422 g/mol. The van der Waals surface area contributed by atoms with Gasteiger partial charge in [-0.25, -0.2) is 4.79 Å². The molecule has 2 atom stereocenters. The number of cyclic esters (lactones) is 1. The number of nitrogens with two attached hydrogens (primary N) is 1. The summed E-state index contributed by atoms with van der Waals surface area (Å²) in [4.78, 5) is 43.1. The molecule has 0 saturated carbocycles. The third-order valence-corrected chi connectivity index (χ3v) is 5.23. The van der Waals surface area contributed by atoms with Crippen LogP contribution in [0.5, 0.6) is 0 Å². The molecule has 0 bridgehead atoms. The fourth-order valence-electron chi connectivity index (χ4n) is 3.68. The molecule has 2 aromatic carbocycles. The SMILES string of the molecule is N#Cc1ccccc1NC(=O)/C(=N/N)[C@@H](C(=O)c1ccncc1)[C@H]1OC(=O)c2ccccc21. The van der Waals surface area contributed by atoms with E-state index < -0.39 is 29.7 Å². The van der Waals surface area contributed by atoms with Gasteiger partial charge in [-0.05, 0) is 30.3 Å². The Morgan fingerprint density at radius 2 is 1.79 bits per heavy atom. The Morgan fingerprint density at radius 3 is 2.52 bits per heavy atom. The number of pyridine rings is 1. The number of esters is 1. The third-order valence-electron chi connectivity index (χ3n) is 5.23. The van der Waals surface area contributed by atoms with Gasteiger partial charge in [0.05, 0.1) is 16.8 Å². The summed E-state index contributed by atoms with van der Waals surface area (Å²) in [6.45, 7) is 0. The first kappa shape index (κ1) is 21.4. The van der Waals surface area contributed by atoms with Crippen LogP contribution in [0.15, 0.2) is 78.2 Å². The number of carbonyl (C=O) groups excluding carboxylic acids is 3. The Hall–Kier alpha value is -4.84. The molecule has 0 saturated heterocycles.